The van der Waals surface area contributed by atoms with E-state index in [1.54, 1.807) is 17.4 Å². The zero-order chi connectivity index (χ0) is 23.5. The number of nitrogens with one attached hydrogen (secondary N) is 1. The Morgan fingerprint density at radius 1 is 1.09 bits per heavy atom. The van der Waals surface area contributed by atoms with Crippen molar-refractivity contribution in [3.8, 4) is 11.4 Å². The summed E-state index contributed by atoms with van der Waals surface area (Å²) in [4.78, 5) is 15.8. The number of hydrogen-bond donors (Lipinski definition) is 2. The van der Waals surface area contributed by atoms with E-state index >= 15 is 0 Å². The van der Waals surface area contributed by atoms with Crippen LogP contribution in [-0.4, -0.2) is 54.4 Å². The summed E-state index contributed by atoms with van der Waals surface area (Å²) in [6.45, 7) is 4.67. The van der Waals surface area contributed by atoms with Crippen LogP contribution in [0.2, 0.25) is 0 Å². The molecule has 4 aromatic rings. The first-order chi connectivity index (χ1) is 16.6. The Hall–Kier alpha value is -3.33. The monoisotopic (exact) mass is 472 g/mol. The van der Waals surface area contributed by atoms with E-state index in [-0.39, 0.29) is 0 Å². The van der Waals surface area contributed by atoms with Gasteiger partial charge in [-0.2, -0.15) is 0 Å². The first-order valence-corrected chi connectivity index (χ1v) is 12.2. The molecule has 1 fully saturated rings. The van der Waals surface area contributed by atoms with E-state index < -0.39 is 0 Å². The van der Waals surface area contributed by atoms with Crippen LogP contribution in [0.1, 0.15) is 16.0 Å². The van der Waals surface area contributed by atoms with Gasteiger partial charge in [0.05, 0.1) is 23.4 Å². The lowest BCUT2D eigenvalue weighted by molar-refractivity contribution is 0.122. The number of nitrogens with zero attached hydrogens (tertiary/aromatic N) is 4. The molecule has 2 aromatic heterocycles. The molecule has 2 aromatic carbocycles. The van der Waals surface area contributed by atoms with Crippen LogP contribution >= 0.6 is 11.3 Å². The van der Waals surface area contributed by atoms with Crippen LogP contribution in [0.25, 0.3) is 21.6 Å². The van der Waals surface area contributed by atoms with E-state index in [1.807, 2.05) is 18.2 Å². The molecule has 3 N–H and O–H groups in total. The Morgan fingerprint density at radius 2 is 1.88 bits per heavy atom. The smallest absolute Gasteiger partial charge is 0.162 e. The average molecular weight is 473 g/mol. The highest BCUT2D eigenvalue weighted by molar-refractivity contribution is 7.19. The number of nitrogen functional groups attached to an aromatic ring is 1. The van der Waals surface area contributed by atoms with Gasteiger partial charge >= 0.3 is 0 Å². The molecule has 3 heterocycles. The molecule has 0 radical (unpaired) electrons. The first kappa shape index (κ1) is 22.5. The number of anilines is 2. The van der Waals surface area contributed by atoms with Gasteiger partial charge in [0, 0.05) is 54.1 Å². The van der Waals surface area contributed by atoms with Gasteiger partial charge in [-0.3, -0.25) is 4.90 Å². The average Bonchev–Trinajstić information content (AvgIpc) is 3.26. The molecule has 34 heavy (non-hydrogen) atoms. The molecule has 0 amide bonds. The van der Waals surface area contributed by atoms with Crippen molar-refractivity contribution < 1.29 is 4.74 Å². The first-order valence-electron chi connectivity index (χ1n) is 11.4. The molecular weight excluding hydrogens is 444 g/mol. The minimum absolute atomic E-state index is 0.553. The number of nitrogens with two attached hydrogens (primary N) is 1. The summed E-state index contributed by atoms with van der Waals surface area (Å²) in [5.41, 5.74) is 10.3. The Labute approximate surface area is 203 Å². The van der Waals surface area contributed by atoms with Gasteiger partial charge in [-0.1, -0.05) is 42.5 Å². The summed E-state index contributed by atoms with van der Waals surface area (Å²) < 4.78 is 6.67. The highest BCUT2D eigenvalue weighted by atomic mass is 32.1. The van der Waals surface area contributed by atoms with Crippen LogP contribution in [0.4, 0.5) is 11.5 Å². The molecule has 0 atom stereocenters. The number of aromatic nitrogens is 2. The van der Waals surface area contributed by atoms with Gasteiger partial charge < -0.3 is 20.8 Å². The molecule has 7 nitrogen and oxygen atoms in total. The van der Waals surface area contributed by atoms with Gasteiger partial charge in [0.25, 0.3) is 0 Å². The third-order valence-electron chi connectivity index (χ3n) is 5.96. The lowest BCUT2D eigenvalue weighted by Crippen LogP contribution is -2.36. The molecule has 0 unspecified atom stereocenters. The van der Waals surface area contributed by atoms with Crippen LogP contribution < -0.4 is 10.6 Å². The van der Waals surface area contributed by atoms with Crippen molar-refractivity contribution in [1.29, 1.82) is 5.41 Å². The van der Waals surface area contributed by atoms with Crippen LogP contribution in [0.5, 0.6) is 0 Å². The summed E-state index contributed by atoms with van der Waals surface area (Å²) in [5, 5.41) is 7.87. The van der Waals surface area contributed by atoms with Gasteiger partial charge in [-0.05, 0) is 24.7 Å². The topological polar surface area (TPSA) is 91.4 Å². The fourth-order valence-corrected chi connectivity index (χ4v) is 5.50. The number of fused-ring (bicyclic) bond motifs is 1. The maximum atomic E-state index is 7.87. The number of hydrogen-bond acceptors (Lipinski definition) is 8. The molecule has 0 spiro atoms. The van der Waals surface area contributed by atoms with E-state index in [0.29, 0.717) is 30.3 Å². The summed E-state index contributed by atoms with van der Waals surface area (Å²) in [6.07, 6.45) is 1.28. The predicted molar refractivity (Wildman–Crippen MR) is 140 cm³/mol. The van der Waals surface area contributed by atoms with Gasteiger partial charge in [-0.15, -0.1) is 11.3 Å². The summed E-state index contributed by atoms with van der Waals surface area (Å²) in [6, 6.07) is 18.3. The second-order valence-corrected chi connectivity index (χ2v) is 9.64. The quantitative estimate of drug-likeness (QED) is 0.306. The maximum Gasteiger partial charge on any atom is 0.162 e. The number of thiophene rings is 1. The molecule has 0 saturated carbocycles. The SMILES string of the molecule is CN(Cc1ccccc1)Cc1cc2nc(-c3cccc(N)c3C=N)nc(N3CCOCC3)c2s1. The van der Waals surface area contributed by atoms with Crippen molar-refractivity contribution in [1.82, 2.24) is 14.9 Å². The van der Waals surface area contributed by atoms with Crippen molar-refractivity contribution in [3.63, 3.8) is 0 Å². The highest BCUT2D eigenvalue weighted by Crippen LogP contribution is 2.36. The van der Waals surface area contributed by atoms with E-state index in [4.69, 9.17) is 25.8 Å². The van der Waals surface area contributed by atoms with Crippen molar-refractivity contribution in [3.05, 3.63) is 70.6 Å². The van der Waals surface area contributed by atoms with Gasteiger partial charge in [0.2, 0.25) is 0 Å². The lowest BCUT2D eigenvalue weighted by atomic mass is 10.1. The molecule has 0 aliphatic carbocycles. The fraction of sp³-hybridized carbons (Fsp3) is 0.269. The Balaban J connectivity index is 1.54. The summed E-state index contributed by atoms with van der Waals surface area (Å²) >= 11 is 1.75. The van der Waals surface area contributed by atoms with E-state index in [2.05, 4.69) is 47.2 Å². The van der Waals surface area contributed by atoms with Gasteiger partial charge in [0.15, 0.2) is 11.6 Å². The van der Waals surface area contributed by atoms with Crippen molar-refractivity contribution >= 4 is 39.3 Å². The fourth-order valence-electron chi connectivity index (χ4n) is 4.31. The predicted octanol–water partition coefficient (Wildman–Crippen LogP) is 4.41. The molecule has 5 rings (SSSR count). The molecule has 1 aliphatic heterocycles. The standard InChI is InChI=1S/C26H28N6OS/c1-31(16-18-6-3-2-4-7-18)17-19-14-23-24(34-19)26(32-10-12-33-13-11-32)30-25(29-23)20-8-5-9-22(28)21(20)15-27/h2-9,14-15,27H,10-13,16-17,28H2,1H3. The molecular formula is C26H28N6OS. The second kappa shape index (κ2) is 9.89. The minimum atomic E-state index is 0.553. The Morgan fingerprint density at radius 3 is 2.65 bits per heavy atom. The molecule has 0 bridgehead atoms. The molecule has 1 aliphatic rings. The van der Waals surface area contributed by atoms with E-state index in [1.165, 1.54) is 16.7 Å². The van der Waals surface area contributed by atoms with Crippen molar-refractivity contribution in [2.24, 2.45) is 0 Å². The maximum absolute atomic E-state index is 7.87. The zero-order valence-electron chi connectivity index (χ0n) is 19.2. The molecule has 174 valence electrons. The zero-order valence-corrected chi connectivity index (χ0v) is 20.0. The third kappa shape index (κ3) is 4.65. The second-order valence-electron chi connectivity index (χ2n) is 8.51. The van der Waals surface area contributed by atoms with Crippen LogP contribution in [0.15, 0.2) is 54.6 Å². The molecule has 1 saturated heterocycles. The van der Waals surface area contributed by atoms with Crippen molar-refractivity contribution in [2.75, 3.05) is 44.0 Å². The summed E-state index contributed by atoms with van der Waals surface area (Å²) in [5.74, 6) is 1.53. The highest BCUT2D eigenvalue weighted by Gasteiger charge is 2.21. The largest absolute Gasteiger partial charge is 0.398 e. The van der Waals surface area contributed by atoms with E-state index in [0.717, 1.165) is 47.8 Å². The molecule has 8 heteroatoms. The summed E-state index contributed by atoms with van der Waals surface area (Å²) in [7, 11) is 2.14. The van der Waals surface area contributed by atoms with Crippen LogP contribution in [0, 0.1) is 5.41 Å². The lowest BCUT2D eigenvalue weighted by Gasteiger charge is -2.28. The number of ether oxygens (including phenoxy) is 1. The number of benzene rings is 2. The normalized spacial score (nSPS) is 14.1. The van der Waals surface area contributed by atoms with E-state index in [9.17, 15) is 0 Å². The van der Waals surface area contributed by atoms with Crippen LogP contribution in [-0.2, 0) is 17.8 Å². The van der Waals surface area contributed by atoms with Gasteiger partial charge in [-0.25, -0.2) is 9.97 Å². The Kier molecular flexibility index (Phi) is 6.53. The van der Waals surface area contributed by atoms with Gasteiger partial charge in [0.1, 0.15) is 0 Å². The van der Waals surface area contributed by atoms with Crippen molar-refractivity contribution in [2.45, 2.75) is 13.1 Å². The number of rotatable bonds is 7. The minimum Gasteiger partial charge on any atom is -0.398 e. The Bertz CT molecular complexity index is 1300. The number of morpholine rings is 1. The third-order valence-corrected chi connectivity index (χ3v) is 7.07. The van der Waals surface area contributed by atoms with Crippen LogP contribution in [0.3, 0.4) is 0 Å².